The van der Waals surface area contributed by atoms with Gasteiger partial charge in [0, 0.05) is 59.5 Å². The number of aromatic hydroxyl groups is 1. The van der Waals surface area contributed by atoms with Gasteiger partial charge in [-0.2, -0.15) is 9.97 Å². The molecule has 250 valence electrons. The third-order valence-electron chi connectivity index (χ3n) is 10.9. The van der Waals surface area contributed by atoms with Gasteiger partial charge in [-0.3, -0.25) is 9.29 Å². The van der Waals surface area contributed by atoms with Crippen LogP contribution in [0.1, 0.15) is 44.6 Å². The first-order valence-electron chi connectivity index (χ1n) is 16.7. The highest BCUT2D eigenvalue weighted by atomic mass is 19.1. The number of benzene rings is 3. The molecule has 1 saturated carbocycles. The first-order chi connectivity index (χ1) is 23.2. The Labute approximate surface area is 276 Å². The van der Waals surface area contributed by atoms with Gasteiger partial charge < -0.3 is 20.1 Å². The molecule has 1 aromatic heterocycles. The fraction of sp³-hybridized carbons (Fsp3) is 0.459. The Hall–Kier alpha value is -4.14. The molecule has 1 aliphatic carbocycles. The van der Waals surface area contributed by atoms with Crippen LogP contribution < -0.4 is 15.0 Å². The zero-order valence-corrected chi connectivity index (χ0v) is 26.7. The molecule has 4 aromatic rings. The van der Waals surface area contributed by atoms with Crippen molar-refractivity contribution in [1.82, 2.24) is 20.2 Å². The van der Waals surface area contributed by atoms with Gasteiger partial charge in [-0.05, 0) is 74.2 Å². The summed E-state index contributed by atoms with van der Waals surface area (Å²) in [4.78, 5) is 13.7. The number of nitrogens with zero attached hydrogens (tertiary/aromatic N) is 4. The van der Waals surface area contributed by atoms with Crippen LogP contribution in [0.2, 0.25) is 0 Å². The Balaban J connectivity index is 1.27. The van der Waals surface area contributed by atoms with Crippen molar-refractivity contribution in [2.24, 2.45) is 11.3 Å². The second-order valence-corrected chi connectivity index (χ2v) is 14.3. The summed E-state index contributed by atoms with van der Waals surface area (Å²) in [6, 6.07) is 7.15. The van der Waals surface area contributed by atoms with Crippen molar-refractivity contribution >= 4 is 27.5 Å². The van der Waals surface area contributed by atoms with E-state index in [9.17, 15) is 13.9 Å². The number of terminal acetylenes is 1. The molecule has 0 amide bonds. The average Bonchev–Trinajstić information content (AvgIpc) is 3.87. The van der Waals surface area contributed by atoms with Crippen LogP contribution in [0.3, 0.4) is 0 Å². The summed E-state index contributed by atoms with van der Waals surface area (Å²) >= 11 is 0. The maximum atomic E-state index is 16.9. The van der Waals surface area contributed by atoms with E-state index in [0.717, 1.165) is 44.7 Å². The van der Waals surface area contributed by atoms with Gasteiger partial charge in [0.15, 0.2) is 5.82 Å². The van der Waals surface area contributed by atoms with Crippen molar-refractivity contribution in [3.63, 3.8) is 0 Å². The number of rotatable bonds is 7. The van der Waals surface area contributed by atoms with Crippen LogP contribution >= 0.6 is 0 Å². The third-order valence-corrected chi connectivity index (χ3v) is 10.9. The molecule has 11 heteroatoms. The van der Waals surface area contributed by atoms with E-state index in [1.54, 1.807) is 0 Å². The molecule has 2 N–H and O–H groups in total. The topological polar surface area (TPSA) is 73.8 Å². The van der Waals surface area contributed by atoms with Gasteiger partial charge in [0.25, 0.3) is 0 Å². The van der Waals surface area contributed by atoms with Gasteiger partial charge in [0.05, 0.1) is 24.4 Å². The van der Waals surface area contributed by atoms with Gasteiger partial charge in [-0.25, -0.2) is 13.2 Å². The standard InChI is InChI=1S/C37H37F4N5O2/c1-3-26-29(39)9-4-20-12-25(47)13-27(31(20)26)32-30(40)14-28-34(33(32)41)43-36(44-35(28)46-16-22-5-6-23(17-46)42-22)48-19-37(2)18-45(24-7-8-24)11-10-21(37)15-38/h1,4,9,12-14,21-24,42,47H,5-8,10-11,15-19H2,2H3/t21-,22-,23+,37+/m1/s1. The summed E-state index contributed by atoms with van der Waals surface area (Å²) in [6.07, 6.45) is 10.6. The van der Waals surface area contributed by atoms with Crippen LogP contribution in [-0.2, 0) is 0 Å². The van der Waals surface area contributed by atoms with E-state index in [0.29, 0.717) is 36.9 Å². The van der Waals surface area contributed by atoms with Crippen LogP contribution in [-0.4, -0.2) is 77.6 Å². The first kappa shape index (κ1) is 31.1. The maximum absolute atomic E-state index is 16.9. The number of aromatic nitrogens is 2. The Morgan fingerprint density at radius 3 is 2.52 bits per heavy atom. The van der Waals surface area contributed by atoms with Gasteiger partial charge in [-0.1, -0.05) is 18.9 Å². The highest BCUT2D eigenvalue weighted by Gasteiger charge is 2.44. The molecule has 0 unspecified atom stereocenters. The Kier molecular flexibility index (Phi) is 7.64. The van der Waals surface area contributed by atoms with E-state index >= 15 is 8.78 Å². The molecule has 2 bridgehead atoms. The van der Waals surface area contributed by atoms with Gasteiger partial charge >= 0.3 is 6.01 Å². The second-order valence-electron chi connectivity index (χ2n) is 14.3. The number of anilines is 1. The Morgan fingerprint density at radius 1 is 1.04 bits per heavy atom. The number of phenols is 1. The fourth-order valence-corrected chi connectivity index (χ4v) is 8.20. The molecule has 3 aliphatic heterocycles. The second kappa shape index (κ2) is 11.8. The van der Waals surface area contributed by atoms with Crippen molar-refractivity contribution < 1.29 is 27.4 Å². The number of nitrogens with one attached hydrogen (secondary N) is 1. The normalized spacial score (nSPS) is 25.9. The first-order valence-corrected chi connectivity index (χ1v) is 16.7. The van der Waals surface area contributed by atoms with Crippen molar-refractivity contribution in [3.05, 3.63) is 53.3 Å². The van der Waals surface area contributed by atoms with Gasteiger partial charge in [-0.15, -0.1) is 6.42 Å². The number of ether oxygens (including phenoxy) is 1. The van der Waals surface area contributed by atoms with Crippen LogP contribution in [0, 0.1) is 41.1 Å². The van der Waals surface area contributed by atoms with E-state index in [-0.39, 0.29) is 63.8 Å². The van der Waals surface area contributed by atoms with Gasteiger partial charge in [0.2, 0.25) is 0 Å². The molecule has 4 fully saturated rings. The molecule has 8 rings (SSSR count). The highest BCUT2D eigenvalue weighted by molar-refractivity contribution is 6.04. The number of likely N-dealkylation sites (tertiary alicyclic amines) is 1. The van der Waals surface area contributed by atoms with E-state index in [4.69, 9.17) is 16.1 Å². The quantitative estimate of drug-likeness (QED) is 0.177. The molecule has 4 heterocycles. The van der Waals surface area contributed by atoms with Crippen LogP contribution in [0.15, 0.2) is 30.3 Å². The van der Waals surface area contributed by atoms with E-state index < -0.39 is 35.1 Å². The largest absolute Gasteiger partial charge is 0.508 e. The average molecular weight is 660 g/mol. The summed E-state index contributed by atoms with van der Waals surface area (Å²) in [5.41, 5.74) is -1.47. The predicted molar refractivity (Wildman–Crippen MR) is 176 cm³/mol. The maximum Gasteiger partial charge on any atom is 0.319 e. The Bertz CT molecular complexity index is 1970. The van der Waals surface area contributed by atoms with Crippen molar-refractivity contribution in [2.75, 3.05) is 44.4 Å². The monoisotopic (exact) mass is 659 g/mol. The van der Waals surface area contributed by atoms with Gasteiger partial charge in [0.1, 0.15) is 28.7 Å². The lowest BCUT2D eigenvalue weighted by Gasteiger charge is -2.45. The number of fused-ring (bicyclic) bond motifs is 4. The molecule has 7 nitrogen and oxygen atoms in total. The summed E-state index contributed by atoms with van der Waals surface area (Å²) in [7, 11) is 0. The lowest BCUT2D eigenvalue weighted by atomic mass is 9.73. The molecular weight excluding hydrogens is 622 g/mol. The summed E-state index contributed by atoms with van der Waals surface area (Å²) in [5, 5.41) is 14.7. The zero-order chi connectivity index (χ0) is 33.3. The third kappa shape index (κ3) is 5.30. The van der Waals surface area contributed by atoms with Crippen LogP contribution in [0.4, 0.5) is 23.4 Å². The number of halogens is 4. The lowest BCUT2D eigenvalue weighted by Crippen LogP contribution is -2.52. The highest BCUT2D eigenvalue weighted by Crippen LogP contribution is 2.43. The van der Waals surface area contributed by atoms with Crippen LogP contribution in [0.25, 0.3) is 32.8 Å². The minimum atomic E-state index is -1.01. The van der Waals surface area contributed by atoms with E-state index in [2.05, 4.69) is 21.1 Å². The van der Waals surface area contributed by atoms with E-state index in [1.165, 1.54) is 24.3 Å². The van der Waals surface area contributed by atoms with Crippen molar-refractivity contribution in [1.29, 1.82) is 0 Å². The number of hydrogen-bond donors (Lipinski definition) is 2. The molecule has 4 atom stereocenters. The minimum absolute atomic E-state index is 0.0849. The molecule has 4 aliphatic rings. The molecule has 0 radical (unpaired) electrons. The minimum Gasteiger partial charge on any atom is -0.508 e. The number of phenolic OH excluding ortho intramolecular Hbond substituents is 1. The number of piperazine rings is 1. The lowest BCUT2D eigenvalue weighted by molar-refractivity contribution is -0.0122. The molecule has 3 saturated heterocycles. The van der Waals surface area contributed by atoms with Crippen molar-refractivity contribution in [3.8, 4) is 35.2 Å². The SMILES string of the molecule is C#Cc1c(F)ccc2cc(O)cc(-c3c(F)cc4c(N5C[C@H]6CC[C@@H](C5)N6)nc(OC[C@]5(C)CN(C6CC6)CC[C@@H]5CF)nc4c3F)c12. The smallest absolute Gasteiger partial charge is 0.319 e. The van der Waals surface area contributed by atoms with Crippen LogP contribution in [0.5, 0.6) is 11.8 Å². The number of piperidine rings is 1. The van der Waals surface area contributed by atoms with Crippen molar-refractivity contribution in [2.45, 2.75) is 57.2 Å². The predicted octanol–water partition coefficient (Wildman–Crippen LogP) is 6.33. The zero-order valence-electron chi connectivity index (χ0n) is 26.7. The molecule has 48 heavy (non-hydrogen) atoms. The number of hydrogen-bond acceptors (Lipinski definition) is 7. The molecule has 3 aromatic carbocycles. The molecule has 0 spiro atoms. The molecular formula is C37H37F4N5O2. The summed E-state index contributed by atoms with van der Waals surface area (Å²) < 4.78 is 68.7. The fourth-order valence-electron chi connectivity index (χ4n) is 8.20. The van der Waals surface area contributed by atoms with E-state index in [1.807, 2.05) is 11.8 Å². The summed E-state index contributed by atoms with van der Waals surface area (Å²) in [6.45, 7) is 4.38. The Morgan fingerprint density at radius 2 is 1.81 bits per heavy atom. The summed E-state index contributed by atoms with van der Waals surface area (Å²) in [5.74, 6) is -0.494. The number of alkyl halides is 1.